The van der Waals surface area contributed by atoms with E-state index in [1.165, 1.54) is 11.1 Å². The van der Waals surface area contributed by atoms with E-state index in [-0.39, 0.29) is 0 Å². The molecule has 8 nitrogen and oxygen atoms in total. The predicted octanol–water partition coefficient (Wildman–Crippen LogP) is 16.1. The Bertz CT molecular complexity index is 3420. The molecule has 8 heteroatoms. The zero-order valence-electron chi connectivity index (χ0n) is 37.3. The molecule has 0 atom stereocenters. The van der Waals surface area contributed by atoms with Crippen LogP contribution in [0.5, 0.6) is 0 Å². The fourth-order valence-electron chi connectivity index (χ4n) is 8.72. The SMILES string of the molecule is Cc1ccc(N(c2ccc(-c3nc4ccccc4o3)cc2)c2ccc(-c3nc4ccccc4nc3-c3ccc(N(c4ccc(C)cc4)c4ccc(-c5nc6ccccc6o5)cc4)cc3)cc2)cc1. The Morgan fingerprint density at radius 1 is 0.279 bits per heavy atom. The van der Waals surface area contributed by atoms with Gasteiger partial charge in [0.05, 0.1) is 22.4 Å². The molecule has 0 radical (unpaired) electrons. The maximum absolute atomic E-state index is 6.10. The molecule has 0 N–H and O–H groups in total. The molecule has 9 aromatic carbocycles. The van der Waals surface area contributed by atoms with Gasteiger partial charge in [0.15, 0.2) is 11.2 Å². The van der Waals surface area contributed by atoms with Crippen LogP contribution >= 0.6 is 0 Å². The van der Waals surface area contributed by atoms with Crippen molar-refractivity contribution in [1.82, 2.24) is 19.9 Å². The number of benzene rings is 9. The molecule has 12 rings (SSSR count). The summed E-state index contributed by atoms with van der Waals surface area (Å²) in [4.78, 5) is 24.5. The molecule has 0 saturated heterocycles. The van der Waals surface area contributed by atoms with Crippen molar-refractivity contribution in [1.29, 1.82) is 0 Å². The van der Waals surface area contributed by atoms with Crippen LogP contribution in [0.3, 0.4) is 0 Å². The third-order valence-electron chi connectivity index (χ3n) is 12.3. The zero-order valence-corrected chi connectivity index (χ0v) is 37.3. The molecule has 3 heterocycles. The smallest absolute Gasteiger partial charge is 0.227 e. The molecule has 0 unspecified atom stereocenters. The highest BCUT2D eigenvalue weighted by atomic mass is 16.4. The Hall–Kier alpha value is -9.14. The van der Waals surface area contributed by atoms with Crippen molar-refractivity contribution in [3.05, 3.63) is 230 Å². The molecule has 0 aliphatic rings. The summed E-state index contributed by atoms with van der Waals surface area (Å²) in [6.45, 7) is 4.21. The van der Waals surface area contributed by atoms with Crippen molar-refractivity contribution in [3.8, 4) is 45.4 Å². The number of para-hydroxylation sites is 6. The summed E-state index contributed by atoms with van der Waals surface area (Å²) < 4.78 is 12.2. The van der Waals surface area contributed by atoms with Crippen molar-refractivity contribution in [3.63, 3.8) is 0 Å². The normalized spacial score (nSPS) is 11.4. The van der Waals surface area contributed by atoms with Crippen LogP contribution in [0.15, 0.2) is 227 Å². The van der Waals surface area contributed by atoms with Gasteiger partial charge in [-0.3, -0.25) is 0 Å². The van der Waals surface area contributed by atoms with Gasteiger partial charge in [-0.2, -0.15) is 0 Å². The van der Waals surface area contributed by atoms with E-state index in [2.05, 4.69) is 169 Å². The monoisotopic (exact) mass is 878 g/mol. The molecule has 12 aromatic rings. The summed E-state index contributed by atoms with van der Waals surface area (Å²) in [5, 5.41) is 0. The molecular weight excluding hydrogens is 837 g/mol. The standard InChI is InChI=1S/C60H42N6O2/c1-39-15-27-45(28-16-39)65(49-35-23-43(24-36-49)59-63-53-11-5-7-13-55(53)67-59)47-31-19-41(20-32-47)57-58(62-52-10-4-3-9-51(52)61-57)42-21-33-48(34-22-42)66(46-29-17-40(2)18-30-46)50-37-25-44(26-38-50)60-64-54-12-6-8-14-56(54)68-60/h3-38H,1-2H3. The summed E-state index contributed by atoms with van der Waals surface area (Å²) in [7, 11) is 0. The number of rotatable bonds is 10. The number of hydrogen-bond acceptors (Lipinski definition) is 8. The summed E-state index contributed by atoms with van der Waals surface area (Å²) in [6.07, 6.45) is 0. The van der Waals surface area contributed by atoms with Gasteiger partial charge in [0.1, 0.15) is 11.0 Å². The first-order valence-electron chi connectivity index (χ1n) is 22.6. The maximum Gasteiger partial charge on any atom is 0.227 e. The average Bonchev–Trinajstić information content (AvgIpc) is 4.04. The molecule has 68 heavy (non-hydrogen) atoms. The summed E-state index contributed by atoms with van der Waals surface area (Å²) >= 11 is 0. The van der Waals surface area contributed by atoms with Gasteiger partial charge in [-0.05, 0) is 147 Å². The lowest BCUT2D eigenvalue weighted by molar-refractivity contribution is 0.619. The second-order valence-corrected chi connectivity index (χ2v) is 16.9. The summed E-state index contributed by atoms with van der Waals surface area (Å²) in [5.41, 5.74) is 18.7. The quantitative estimate of drug-likeness (QED) is 0.134. The number of hydrogen-bond donors (Lipinski definition) is 0. The van der Waals surface area contributed by atoms with E-state index < -0.39 is 0 Å². The van der Waals surface area contributed by atoms with E-state index in [1.54, 1.807) is 0 Å². The Morgan fingerprint density at radius 3 is 0.882 bits per heavy atom. The lowest BCUT2D eigenvalue weighted by Crippen LogP contribution is -2.10. The zero-order chi connectivity index (χ0) is 45.6. The number of fused-ring (bicyclic) bond motifs is 3. The lowest BCUT2D eigenvalue weighted by Gasteiger charge is -2.26. The first-order valence-corrected chi connectivity index (χ1v) is 22.6. The topological polar surface area (TPSA) is 84.3 Å². The second-order valence-electron chi connectivity index (χ2n) is 16.9. The van der Waals surface area contributed by atoms with Crippen LogP contribution < -0.4 is 9.80 Å². The molecule has 0 saturated carbocycles. The van der Waals surface area contributed by atoms with Crippen LogP contribution in [-0.2, 0) is 0 Å². The van der Waals surface area contributed by atoms with Gasteiger partial charge < -0.3 is 18.6 Å². The molecule has 0 aliphatic carbocycles. The van der Waals surface area contributed by atoms with Gasteiger partial charge in [0.2, 0.25) is 11.8 Å². The van der Waals surface area contributed by atoms with Gasteiger partial charge in [-0.25, -0.2) is 19.9 Å². The van der Waals surface area contributed by atoms with Crippen LogP contribution in [0.25, 0.3) is 78.7 Å². The average molecular weight is 879 g/mol. The highest BCUT2D eigenvalue weighted by Crippen LogP contribution is 2.41. The van der Waals surface area contributed by atoms with Crippen molar-refractivity contribution >= 4 is 67.4 Å². The largest absolute Gasteiger partial charge is 0.436 e. The molecule has 0 bridgehead atoms. The number of oxazole rings is 2. The highest BCUT2D eigenvalue weighted by Gasteiger charge is 2.19. The maximum atomic E-state index is 6.10. The van der Waals surface area contributed by atoms with E-state index in [9.17, 15) is 0 Å². The van der Waals surface area contributed by atoms with Gasteiger partial charge in [0, 0.05) is 56.4 Å². The van der Waals surface area contributed by atoms with Crippen LogP contribution in [0.4, 0.5) is 34.1 Å². The van der Waals surface area contributed by atoms with E-state index in [0.29, 0.717) is 11.8 Å². The van der Waals surface area contributed by atoms with E-state index in [0.717, 1.165) is 101 Å². The van der Waals surface area contributed by atoms with Crippen molar-refractivity contribution in [2.75, 3.05) is 9.80 Å². The van der Waals surface area contributed by atoms with Crippen molar-refractivity contribution in [2.24, 2.45) is 0 Å². The Balaban J connectivity index is 0.890. The minimum atomic E-state index is 0.595. The van der Waals surface area contributed by atoms with Crippen LogP contribution in [0.1, 0.15) is 11.1 Å². The molecule has 324 valence electrons. The fraction of sp³-hybridized carbons (Fsp3) is 0.0333. The van der Waals surface area contributed by atoms with Crippen LogP contribution in [0, 0.1) is 13.8 Å². The Morgan fingerprint density at radius 2 is 0.559 bits per heavy atom. The predicted molar refractivity (Wildman–Crippen MR) is 275 cm³/mol. The first-order chi connectivity index (χ1) is 33.5. The van der Waals surface area contributed by atoms with Gasteiger partial charge in [-0.15, -0.1) is 0 Å². The number of anilines is 6. The van der Waals surface area contributed by atoms with Crippen LogP contribution in [-0.4, -0.2) is 19.9 Å². The highest BCUT2D eigenvalue weighted by molar-refractivity contribution is 5.89. The summed E-state index contributed by atoms with van der Waals surface area (Å²) in [6, 6.07) is 74.8. The number of nitrogens with zero attached hydrogens (tertiary/aromatic N) is 6. The molecular formula is C60H42N6O2. The van der Waals surface area contributed by atoms with Gasteiger partial charge >= 0.3 is 0 Å². The number of aryl methyl sites for hydroxylation is 2. The minimum Gasteiger partial charge on any atom is -0.436 e. The molecule has 0 spiro atoms. The van der Waals surface area contributed by atoms with Gasteiger partial charge in [-0.1, -0.05) is 96.1 Å². The first kappa shape index (κ1) is 40.4. The third kappa shape index (κ3) is 7.69. The second kappa shape index (κ2) is 17.0. The fourth-order valence-corrected chi connectivity index (χ4v) is 8.72. The van der Waals surface area contributed by atoms with E-state index in [1.807, 2.05) is 72.8 Å². The van der Waals surface area contributed by atoms with E-state index in [4.69, 9.17) is 28.8 Å². The Kier molecular flexibility index (Phi) is 10.1. The molecule has 0 aliphatic heterocycles. The number of aromatic nitrogens is 4. The Labute approximate surface area is 393 Å². The molecule has 0 amide bonds. The van der Waals surface area contributed by atoms with Crippen molar-refractivity contribution in [2.45, 2.75) is 13.8 Å². The van der Waals surface area contributed by atoms with E-state index >= 15 is 0 Å². The lowest BCUT2D eigenvalue weighted by atomic mass is 10.0. The van der Waals surface area contributed by atoms with Crippen molar-refractivity contribution < 1.29 is 8.83 Å². The molecule has 3 aromatic heterocycles. The third-order valence-corrected chi connectivity index (χ3v) is 12.3. The molecule has 0 fully saturated rings. The van der Waals surface area contributed by atoms with Gasteiger partial charge in [0.25, 0.3) is 0 Å². The minimum absolute atomic E-state index is 0.595. The summed E-state index contributed by atoms with van der Waals surface area (Å²) in [5.74, 6) is 1.19. The van der Waals surface area contributed by atoms with Crippen LogP contribution in [0.2, 0.25) is 0 Å².